The van der Waals surface area contributed by atoms with Crippen molar-refractivity contribution in [3.63, 3.8) is 0 Å². The van der Waals surface area contributed by atoms with Gasteiger partial charge in [-0.2, -0.15) is 0 Å². The quantitative estimate of drug-likeness (QED) is 0.395. The zero-order valence-corrected chi connectivity index (χ0v) is 21.0. The van der Waals surface area contributed by atoms with Crippen LogP contribution >= 0.6 is 23.1 Å². The van der Waals surface area contributed by atoms with Crippen molar-refractivity contribution < 1.29 is 0 Å². The molecule has 3 aromatic rings. The Morgan fingerprint density at radius 3 is 2.53 bits per heavy atom. The first-order valence-electron chi connectivity index (χ1n) is 12.2. The van der Waals surface area contributed by atoms with Gasteiger partial charge in [-0.25, -0.2) is 9.97 Å². The fourth-order valence-electron chi connectivity index (χ4n) is 4.62. The number of thiazole rings is 1. The van der Waals surface area contributed by atoms with Crippen molar-refractivity contribution in [2.45, 2.75) is 87.8 Å². The molecule has 32 heavy (non-hydrogen) atoms. The second kappa shape index (κ2) is 11.9. The molecule has 170 valence electrons. The van der Waals surface area contributed by atoms with Gasteiger partial charge in [0.05, 0.1) is 5.69 Å². The Hall–Kier alpha value is -1.85. The summed E-state index contributed by atoms with van der Waals surface area (Å²) in [5.74, 6) is 1.97. The van der Waals surface area contributed by atoms with Gasteiger partial charge in [0.25, 0.3) is 0 Å². The molecule has 3 nitrogen and oxygen atoms in total. The van der Waals surface area contributed by atoms with Crippen molar-refractivity contribution in [3.05, 3.63) is 58.7 Å². The minimum atomic E-state index is 0.871. The van der Waals surface area contributed by atoms with Gasteiger partial charge in [0.15, 0.2) is 5.13 Å². The monoisotopic (exact) mass is 465 g/mol. The smallest absolute Gasteiger partial charge is 0.188 e. The standard InChI is InChI=1S/C18H17N3S2.C9H18/c1-12-10-14(22-13-6-3-2-4-7-13)11-17(19-12)21-18-20-15-8-5-9-16(15)23-18;1-2-6-9-7-4-3-5-8-9/h2-4,6-7,10-11H,5,8-9H2,1H3,(H,19,20,21);9H,2-8H2,1H3. The van der Waals surface area contributed by atoms with E-state index < -0.39 is 0 Å². The Morgan fingerprint density at radius 1 is 0.969 bits per heavy atom. The van der Waals surface area contributed by atoms with Crippen LogP contribution < -0.4 is 5.32 Å². The summed E-state index contributed by atoms with van der Waals surface area (Å²) in [4.78, 5) is 13.1. The van der Waals surface area contributed by atoms with Gasteiger partial charge in [-0.3, -0.25) is 0 Å². The molecule has 1 aromatic carbocycles. The molecule has 1 N–H and O–H groups in total. The lowest BCUT2D eigenvalue weighted by Crippen LogP contribution is -2.04. The summed E-state index contributed by atoms with van der Waals surface area (Å²) >= 11 is 3.52. The lowest BCUT2D eigenvalue weighted by molar-refractivity contribution is 0.336. The highest BCUT2D eigenvalue weighted by Crippen LogP contribution is 2.34. The van der Waals surface area contributed by atoms with E-state index in [1.54, 1.807) is 23.1 Å². The average molecular weight is 466 g/mol. The molecule has 1 fully saturated rings. The number of nitrogens with one attached hydrogen (secondary N) is 1. The third-order valence-corrected chi connectivity index (χ3v) is 8.21. The number of hydrogen-bond acceptors (Lipinski definition) is 5. The maximum absolute atomic E-state index is 4.69. The van der Waals surface area contributed by atoms with Gasteiger partial charge in [0, 0.05) is 20.4 Å². The van der Waals surface area contributed by atoms with E-state index in [1.165, 1.54) is 78.1 Å². The molecule has 0 radical (unpaired) electrons. The fraction of sp³-hybridized carbons (Fsp3) is 0.481. The zero-order valence-electron chi connectivity index (χ0n) is 19.4. The Balaban J connectivity index is 0.000000230. The predicted octanol–water partition coefficient (Wildman–Crippen LogP) is 8.60. The Labute approximate surface area is 201 Å². The number of anilines is 2. The molecule has 5 heteroatoms. The lowest BCUT2D eigenvalue weighted by atomic mass is 9.86. The van der Waals surface area contributed by atoms with E-state index in [-0.39, 0.29) is 0 Å². The van der Waals surface area contributed by atoms with Crippen LogP contribution in [0.5, 0.6) is 0 Å². The summed E-state index contributed by atoms with van der Waals surface area (Å²) in [6, 6.07) is 14.6. The molecular formula is C27H35N3S2. The highest BCUT2D eigenvalue weighted by molar-refractivity contribution is 7.99. The van der Waals surface area contributed by atoms with E-state index in [2.05, 4.69) is 58.6 Å². The molecule has 2 aliphatic carbocycles. The minimum absolute atomic E-state index is 0.871. The molecule has 0 unspecified atom stereocenters. The third-order valence-electron chi connectivity index (χ3n) is 6.16. The van der Waals surface area contributed by atoms with Gasteiger partial charge in [0.2, 0.25) is 0 Å². The summed E-state index contributed by atoms with van der Waals surface area (Å²) in [7, 11) is 0. The number of rotatable bonds is 6. The lowest BCUT2D eigenvalue weighted by Gasteiger charge is -2.20. The maximum Gasteiger partial charge on any atom is 0.188 e. The molecule has 0 bridgehead atoms. The first-order chi connectivity index (χ1) is 15.7. The SMILES string of the molecule is CCCC1CCCCC1.Cc1cc(Sc2ccccc2)cc(Nc2nc3c(s2)CCC3)n1. The van der Waals surface area contributed by atoms with Gasteiger partial charge in [-0.15, -0.1) is 11.3 Å². The normalized spacial score (nSPS) is 15.7. The molecule has 0 amide bonds. The topological polar surface area (TPSA) is 37.8 Å². The van der Waals surface area contributed by atoms with E-state index >= 15 is 0 Å². The van der Waals surface area contributed by atoms with Crippen molar-refractivity contribution >= 4 is 34.0 Å². The molecule has 2 aliphatic rings. The zero-order chi connectivity index (χ0) is 22.2. The van der Waals surface area contributed by atoms with Crippen molar-refractivity contribution in [2.75, 3.05) is 5.32 Å². The number of aryl methyl sites for hydroxylation is 3. The number of fused-ring (bicyclic) bond motifs is 1. The molecule has 5 rings (SSSR count). The first-order valence-corrected chi connectivity index (χ1v) is 13.8. The van der Waals surface area contributed by atoms with E-state index in [1.807, 2.05) is 13.0 Å². The van der Waals surface area contributed by atoms with Gasteiger partial charge < -0.3 is 5.32 Å². The van der Waals surface area contributed by atoms with Crippen molar-refractivity contribution in [1.29, 1.82) is 0 Å². The van der Waals surface area contributed by atoms with E-state index in [0.29, 0.717) is 0 Å². The summed E-state index contributed by atoms with van der Waals surface area (Å²) < 4.78 is 0. The summed E-state index contributed by atoms with van der Waals surface area (Å²) in [6.45, 7) is 4.33. The van der Waals surface area contributed by atoms with Crippen LogP contribution in [0.25, 0.3) is 0 Å². The van der Waals surface area contributed by atoms with Gasteiger partial charge in [-0.05, 0) is 56.4 Å². The molecular weight excluding hydrogens is 430 g/mol. The summed E-state index contributed by atoms with van der Waals surface area (Å²) in [5, 5.41) is 4.34. The molecule has 0 aliphatic heterocycles. The third kappa shape index (κ3) is 6.82. The van der Waals surface area contributed by atoms with Crippen LogP contribution in [-0.4, -0.2) is 9.97 Å². The second-order valence-corrected chi connectivity index (χ2v) is 11.1. The van der Waals surface area contributed by atoms with Crippen molar-refractivity contribution in [2.24, 2.45) is 5.92 Å². The minimum Gasteiger partial charge on any atom is -0.316 e. The van der Waals surface area contributed by atoms with E-state index in [0.717, 1.165) is 29.0 Å². The predicted molar refractivity (Wildman–Crippen MR) is 138 cm³/mol. The van der Waals surface area contributed by atoms with Crippen LogP contribution in [0.15, 0.2) is 52.3 Å². The van der Waals surface area contributed by atoms with Crippen molar-refractivity contribution in [1.82, 2.24) is 9.97 Å². The largest absolute Gasteiger partial charge is 0.316 e. The maximum atomic E-state index is 4.69. The van der Waals surface area contributed by atoms with Crippen LogP contribution in [0.4, 0.5) is 10.9 Å². The van der Waals surface area contributed by atoms with Crippen LogP contribution in [0, 0.1) is 12.8 Å². The molecule has 2 heterocycles. The number of benzene rings is 1. The van der Waals surface area contributed by atoms with Crippen LogP contribution in [0.3, 0.4) is 0 Å². The van der Waals surface area contributed by atoms with Crippen LogP contribution in [0.2, 0.25) is 0 Å². The van der Waals surface area contributed by atoms with Gasteiger partial charge in [-0.1, -0.05) is 81.8 Å². The number of nitrogens with zero attached hydrogens (tertiary/aromatic N) is 2. The van der Waals surface area contributed by atoms with Gasteiger partial charge >= 0.3 is 0 Å². The highest BCUT2D eigenvalue weighted by Gasteiger charge is 2.17. The molecule has 1 saturated carbocycles. The molecule has 2 aromatic heterocycles. The first kappa shape index (κ1) is 23.3. The van der Waals surface area contributed by atoms with Crippen molar-refractivity contribution in [3.8, 4) is 0 Å². The number of hydrogen-bond donors (Lipinski definition) is 1. The number of aromatic nitrogens is 2. The fourth-order valence-corrected chi connectivity index (χ4v) is 6.64. The Morgan fingerprint density at radius 2 is 1.78 bits per heavy atom. The molecule has 0 saturated heterocycles. The van der Waals surface area contributed by atoms with Gasteiger partial charge in [0.1, 0.15) is 5.82 Å². The summed E-state index contributed by atoms with van der Waals surface area (Å²) in [6.07, 6.45) is 14.0. The Bertz CT molecular complexity index is 954. The van der Waals surface area contributed by atoms with E-state index in [9.17, 15) is 0 Å². The van der Waals surface area contributed by atoms with Crippen LogP contribution in [0.1, 0.15) is 74.6 Å². The Kier molecular flexibility index (Phi) is 8.63. The number of pyridine rings is 1. The highest BCUT2D eigenvalue weighted by atomic mass is 32.2. The molecule has 0 spiro atoms. The van der Waals surface area contributed by atoms with E-state index in [4.69, 9.17) is 0 Å². The average Bonchev–Trinajstić information content (AvgIpc) is 3.37. The molecule has 0 atom stereocenters. The summed E-state index contributed by atoms with van der Waals surface area (Å²) in [5.41, 5.74) is 2.28. The second-order valence-electron chi connectivity index (χ2n) is 8.90. The van der Waals surface area contributed by atoms with Crippen LogP contribution in [-0.2, 0) is 12.8 Å².